The van der Waals surface area contributed by atoms with E-state index in [1.807, 2.05) is 48.5 Å². The third kappa shape index (κ3) is 18.8. The van der Waals surface area contributed by atoms with Crippen molar-refractivity contribution in [3.63, 3.8) is 0 Å². The number of carboxylic acid groups (broad SMARTS) is 1. The Morgan fingerprint density at radius 2 is 1.03 bits per heavy atom. The first-order valence-corrected chi connectivity index (χ1v) is 23.3. The number of aromatic hydroxyl groups is 2. The molecule has 0 radical (unpaired) electrons. The number of hydrogen-bond donors (Lipinski definition) is 6. The van der Waals surface area contributed by atoms with Crippen molar-refractivity contribution < 1.29 is 52.0 Å². The maximum absolute atomic E-state index is 12.5. The number of hydrogen-bond acceptors (Lipinski definition) is 13. The normalized spacial score (nSPS) is 10.2. The van der Waals surface area contributed by atoms with Crippen molar-refractivity contribution in [3.05, 3.63) is 166 Å². The average molecular weight is 1020 g/mol. The molecule has 13 nitrogen and oxygen atoms in total. The zero-order valence-corrected chi connectivity index (χ0v) is 39.0. The minimum atomic E-state index is -4.67. The molecule has 0 saturated carbocycles. The van der Waals surface area contributed by atoms with E-state index >= 15 is 0 Å². The molecule has 65 heavy (non-hydrogen) atoms. The highest BCUT2D eigenvalue weighted by molar-refractivity contribution is 7.80. The Bertz CT molecular complexity index is 3100. The summed E-state index contributed by atoms with van der Waals surface area (Å²) < 4.78 is 40.5. The highest BCUT2D eigenvalue weighted by atomic mass is 35.5. The summed E-state index contributed by atoms with van der Waals surface area (Å²) in [7, 11) is -4.67. The Morgan fingerprint density at radius 3 is 1.46 bits per heavy atom. The molecule has 0 bridgehead atoms. The molecule has 0 amide bonds. The zero-order chi connectivity index (χ0) is 48.1. The summed E-state index contributed by atoms with van der Waals surface area (Å²) in [4.78, 5) is 56.7. The second-order valence-electron chi connectivity index (χ2n) is 12.5. The van der Waals surface area contributed by atoms with Gasteiger partial charge in [-0.1, -0.05) is 54.6 Å². The van der Waals surface area contributed by atoms with Gasteiger partial charge in [-0.05, 0) is 96.5 Å². The number of fused-ring (bicyclic) bond motifs is 4. The number of benzene rings is 6. The van der Waals surface area contributed by atoms with Crippen LogP contribution < -0.4 is 15.6 Å². The Labute approximate surface area is 399 Å². The lowest BCUT2D eigenvalue weighted by Crippen LogP contribution is -2.08. The number of carbonyl (C=O) groups excluding carboxylic acids is 2. The van der Waals surface area contributed by atoms with Gasteiger partial charge < -0.3 is 20.1 Å². The minimum absolute atomic E-state index is 0.0137. The number of aromatic carboxylic acids is 1. The second-order valence-corrected chi connectivity index (χ2v) is 17.2. The van der Waals surface area contributed by atoms with E-state index < -0.39 is 22.3 Å². The molecule has 0 aliphatic heterocycles. The van der Waals surface area contributed by atoms with Crippen LogP contribution in [-0.2, 0) is 20.0 Å². The van der Waals surface area contributed by atoms with Crippen LogP contribution in [0.3, 0.4) is 0 Å². The van der Waals surface area contributed by atoms with Gasteiger partial charge in [-0.25, -0.2) is 4.79 Å². The van der Waals surface area contributed by atoms with Crippen molar-refractivity contribution in [2.45, 2.75) is 17.7 Å². The lowest BCUT2D eigenvalue weighted by atomic mass is 10.2. The molecule has 20 heteroatoms. The van der Waals surface area contributed by atoms with Crippen LogP contribution in [-0.4, -0.2) is 61.8 Å². The second kappa shape index (κ2) is 27.0. The fraction of sp³-hybridized carbons (Fsp3) is 0.0889. The fourth-order valence-corrected chi connectivity index (χ4v) is 7.93. The Morgan fingerprint density at radius 1 is 0.585 bits per heavy atom. The van der Waals surface area contributed by atoms with Crippen molar-refractivity contribution in [1.29, 1.82) is 0 Å². The third-order valence-electron chi connectivity index (χ3n) is 7.82. The molecule has 2 heterocycles. The standard InChI is InChI=1S/C16H11ClO3S.C13H8O2S.C7H6O2S.C6H6O.C3H4Cl2O.H2O4S/c17-8-7-15(18)20-10-5-6-14-12(9-10)16(19)11-3-1-2-4-13(11)21-14;14-8-5-6-12-10(7-8)13(15)9-3-1-2-4-11(9)16-12;8-7(9)5-3-1-2-4-6(5)10;7-6-4-2-1-3-5-6;4-2-1-3(5)6;1-5(2,3)4/h1-6,9H,7-8H2;1-7,14H;1-4,10H,(H,8,9);1-5,7H;1-2H2;(H2,1,2,3,4). The van der Waals surface area contributed by atoms with E-state index in [0.29, 0.717) is 43.8 Å². The van der Waals surface area contributed by atoms with Gasteiger partial charge in [0.25, 0.3) is 0 Å². The van der Waals surface area contributed by atoms with Gasteiger partial charge >= 0.3 is 22.3 Å². The fourth-order valence-electron chi connectivity index (χ4n) is 5.05. The molecule has 340 valence electrons. The lowest BCUT2D eigenvalue weighted by molar-refractivity contribution is -0.133. The van der Waals surface area contributed by atoms with Crippen LogP contribution in [0.1, 0.15) is 23.2 Å². The summed E-state index contributed by atoms with van der Waals surface area (Å²) in [6.45, 7) is 0. The molecule has 0 atom stereocenters. The van der Waals surface area contributed by atoms with Gasteiger partial charge in [0.05, 0.1) is 12.0 Å². The summed E-state index contributed by atoms with van der Waals surface area (Å²) in [5.74, 6) is 0.0208. The highest BCUT2D eigenvalue weighted by Crippen LogP contribution is 2.28. The summed E-state index contributed by atoms with van der Waals surface area (Å²) in [5, 5.41) is 28.7. The molecule has 0 saturated heterocycles. The third-order valence-corrected chi connectivity index (χ3v) is 11.1. The zero-order valence-electron chi connectivity index (χ0n) is 33.4. The van der Waals surface area contributed by atoms with Gasteiger partial charge in [0.1, 0.15) is 17.2 Å². The number of alkyl halides is 2. The van der Waals surface area contributed by atoms with Crippen molar-refractivity contribution >= 4 is 138 Å². The van der Waals surface area contributed by atoms with Gasteiger partial charge in [0.2, 0.25) is 5.24 Å². The van der Waals surface area contributed by atoms with Crippen LogP contribution in [0.15, 0.2) is 154 Å². The van der Waals surface area contributed by atoms with Crippen molar-refractivity contribution in [3.8, 4) is 17.2 Å². The van der Waals surface area contributed by atoms with Gasteiger partial charge in [-0.15, -0.1) is 58.5 Å². The molecule has 8 rings (SSSR count). The highest BCUT2D eigenvalue weighted by Gasteiger charge is 2.10. The summed E-state index contributed by atoms with van der Waals surface area (Å²) in [6, 6.07) is 40.3. The first-order valence-electron chi connectivity index (χ1n) is 18.4. The number of phenolic OH excluding ortho intramolecular Hbond substituents is 2. The molecule has 2 aromatic heterocycles. The van der Waals surface area contributed by atoms with Gasteiger partial charge in [0.15, 0.2) is 10.9 Å². The van der Waals surface area contributed by atoms with E-state index in [1.54, 1.807) is 102 Å². The number of phenols is 2. The number of thiol groups is 1. The molecule has 5 N–H and O–H groups in total. The van der Waals surface area contributed by atoms with E-state index in [0.717, 1.165) is 18.8 Å². The predicted octanol–water partition coefficient (Wildman–Crippen LogP) is 10.9. The van der Waals surface area contributed by atoms with E-state index in [4.69, 9.17) is 67.3 Å². The van der Waals surface area contributed by atoms with Crippen molar-refractivity contribution in [2.24, 2.45) is 0 Å². The number of ether oxygens (including phenoxy) is 1. The molecule has 0 fully saturated rings. The first kappa shape index (κ1) is 53.7. The summed E-state index contributed by atoms with van der Waals surface area (Å²) >= 11 is 22.5. The average Bonchev–Trinajstić information content (AvgIpc) is 3.25. The number of rotatable bonds is 6. The number of carboxylic acids is 1. The monoisotopic (exact) mass is 1020 g/mol. The van der Waals surface area contributed by atoms with Crippen LogP contribution >= 0.6 is 70.1 Å². The van der Waals surface area contributed by atoms with Crippen LogP contribution in [0.25, 0.3) is 40.3 Å². The van der Waals surface area contributed by atoms with E-state index in [-0.39, 0.29) is 46.1 Å². The first-order chi connectivity index (χ1) is 30.8. The Hall–Kier alpha value is -5.60. The maximum atomic E-state index is 12.5. The van der Waals surface area contributed by atoms with Crippen molar-refractivity contribution in [1.82, 2.24) is 0 Å². The van der Waals surface area contributed by atoms with Gasteiger partial charge in [-0.2, -0.15) is 8.42 Å². The molecule has 6 aromatic carbocycles. The summed E-state index contributed by atoms with van der Waals surface area (Å²) in [5.41, 5.74) is 0.181. The van der Waals surface area contributed by atoms with Crippen molar-refractivity contribution in [2.75, 3.05) is 11.8 Å². The molecular formula is C45H37Cl3O13S4. The molecule has 0 aliphatic rings. The van der Waals surface area contributed by atoms with E-state index in [9.17, 15) is 29.1 Å². The number of para-hydroxylation sites is 1. The van der Waals surface area contributed by atoms with Crippen LogP contribution in [0, 0.1) is 0 Å². The summed E-state index contributed by atoms with van der Waals surface area (Å²) in [6.07, 6.45) is 0.410. The Kier molecular flexibility index (Phi) is 22.3. The number of halogens is 3. The van der Waals surface area contributed by atoms with Crippen LogP contribution in [0.5, 0.6) is 17.2 Å². The smallest absolute Gasteiger partial charge is 0.394 e. The van der Waals surface area contributed by atoms with Crippen LogP contribution in [0.2, 0.25) is 0 Å². The van der Waals surface area contributed by atoms with E-state index in [2.05, 4.69) is 12.6 Å². The topological polar surface area (TPSA) is 230 Å². The molecular weight excluding hydrogens is 983 g/mol. The van der Waals surface area contributed by atoms with Crippen LogP contribution in [0.4, 0.5) is 0 Å². The largest absolute Gasteiger partial charge is 0.508 e. The molecule has 0 unspecified atom stereocenters. The van der Waals surface area contributed by atoms with Gasteiger partial charge in [-0.3, -0.25) is 28.3 Å². The van der Waals surface area contributed by atoms with E-state index in [1.165, 1.54) is 12.1 Å². The molecule has 0 spiro atoms. The quantitative estimate of drug-likeness (QED) is 0.0173. The Balaban J connectivity index is 0.000000225. The molecule has 0 aliphatic carbocycles. The van der Waals surface area contributed by atoms with Gasteiger partial charge in [0, 0.05) is 63.4 Å². The minimum Gasteiger partial charge on any atom is -0.508 e. The predicted molar refractivity (Wildman–Crippen MR) is 263 cm³/mol. The SMILES string of the molecule is O=C(CCCl)Oc1ccc2sc3ccccc3c(=O)c2c1.O=C(Cl)CCCl.O=C(O)c1ccccc1S.O=S(=O)(O)O.O=c1c2ccccc2sc2ccc(O)cc12.Oc1ccccc1. The molecule has 8 aromatic rings. The lowest BCUT2D eigenvalue weighted by Gasteiger charge is -2.05. The maximum Gasteiger partial charge on any atom is 0.394 e. The number of esters is 1. The number of carbonyl (C=O) groups is 3.